The van der Waals surface area contributed by atoms with Crippen molar-refractivity contribution in [3.63, 3.8) is 0 Å². The molecule has 2 aromatic carbocycles. The number of benzene rings is 2. The van der Waals surface area contributed by atoms with Gasteiger partial charge in [0.1, 0.15) is 11.5 Å². The summed E-state index contributed by atoms with van der Waals surface area (Å²) >= 11 is 0. The zero-order valence-corrected chi connectivity index (χ0v) is 33.2. The molecule has 0 unspecified atom stereocenters. The van der Waals surface area contributed by atoms with Gasteiger partial charge >= 0.3 is 0 Å². The van der Waals surface area contributed by atoms with Gasteiger partial charge in [-0.2, -0.15) is 0 Å². The van der Waals surface area contributed by atoms with E-state index in [1.807, 2.05) is 60.9 Å². The normalized spacial score (nSPS) is 18.6. The van der Waals surface area contributed by atoms with E-state index >= 15 is 0 Å². The predicted octanol–water partition coefficient (Wildman–Crippen LogP) is 4.00. The number of rotatable bonds is 4. The average molecular weight is 789 g/mol. The van der Waals surface area contributed by atoms with Gasteiger partial charge in [0.25, 0.3) is 11.8 Å². The Morgan fingerprint density at radius 1 is 0.610 bits per heavy atom. The fourth-order valence-electron chi connectivity index (χ4n) is 10.0. The number of methoxy groups -OCH3 is 2. The number of nitrogens with one attached hydrogen (secondary N) is 5. The largest absolute Gasteiger partial charge is 0.497 e. The van der Waals surface area contributed by atoms with Gasteiger partial charge < -0.3 is 40.3 Å². The molecule has 14 heteroatoms. The number of hydrogen-bond donors (Lipinski definition) is 5. The molecule has 6 aromatic rings. The molecule has 298 valence electrons. The number of carbonyl (C=O) groups is 2. The van der Waals surface area contributed by atoms with E-state index in [9.17, 15) is 9.59 Å². The third kappa shape index (κ3) is 5.53. The van der Waals surface area contributed by atoms with Crippen molar-refractivity contribution in [2.45, 2.75) is 36.5 Å². The van der Waals surface area contributed by atoms with E-state index in [1.165, 1.54) is 0 Å². The molecule has 59 heavy (non-hydrogen) atoms. The van der Waals surface area contributed by atoms with Crippen LogP contribution in [0.4, 0.5) is 0 Å². The third-order valence-electron chi connectivity index (χ3n) is 13.2. The van der Waals surface area contributed by atoms with E-state index in [4.69, 9.17) is 19.4 Å². The number of nitrogens with zero attached hydrogens (tertiary/aromatic N) is 5. The lowest BCUT2D eigenvalue weighted by atomic mass is 9.73. The van der Waals surface area contributed by atoms with Crippen molar-refractivity contribution in [2.24, 2.45) is 0 Å². The maximum Gasteiger partial charge on any atom is 0.253 e. The number of likely N-dealkylation sites (N-methyl/N-ethyl adjacent to an activating group) is 1. The lowest BCUT2D eigenvalue weighted by Gasteiger charge is -2.50. The highest BCUT2D eigenvalue weighted by Crippen LogP contribution is 2.45. The number of hydrogen-bond acceptors (Lipinski definition) is 10. The maximum absolute atomic E-state index is 12.8. The van der Waals surface area contributed by atoms with Crippen LogP contribution in [0.25, 0.3) is 45.6 Å². The Balaban J connectivity index is 0.000000135. The van der Waals surface area contributed by atoms with Crippen molar-refractivity contribution in [1.29, 1.82) is 0 Å². The smallest absolute Gasteiger partial charge is 0.253 e. The molecule has 2 saturated heterocycles. The van der Waals surface area contributed by atoms with Crippen molar-refractivity contribution >= 4 is 11.8 Å². The monoisotopic (exact) mass is 788 g/mol. The minimum Gasteiger partial charge on any atom is -0.497 e. The van der Waals surface area contributed by atoms with Crippen LogP contribution in [0, 0.1) is 0 Å². The van der Waals surface area contributed by atoms with Gasteiger partial charge in [-0.05, 0) is 104 Å². The standard InChI is InChI=1S/C23H23N5O2.C22H21N5O2/c1-28-11-23(12-28)10-25-22(29)17-16-8-5-14-9-24-21(13-3-6-15(30-2)7-4-13)27-18(14)19(16)26-20(17)23;1-29-14-5-2-12(3-6-14)20-24-8-13-4-7-15-16-19(26-18(15)17(13)27-20)22(9-23-10-22)11-25-21(16)28/h3-4,6-7,9,26H,5,8,10-12H2,1-2H3,(H,25,29);2-3,5-6,8,23,26H,4,7,9-11H2,1H3,(H,25,28). The average Bonchev–Trinajstić information content (AvgIpc) is 3.86. The van der Waals surface area contributed by atoms with E-state index in [0.29, 0.717) is 24.7 Å². The Bertz CT molecular complexity index is 2690. The van der Waals surface area contributed by atoms with Gasteiger partial charge in [0, 0.05) is 74.2 Å². The summed E-state index contributed by atoms with van der Waals surface area (Å²) in [6.07, 6.45) is 7.20. The molecule has 14 nitrogen and oxygen atoms in total. The Labute approximate surface area is 340 Å². The molecule has 0 radical (unpaired) electrons. The first kappa shape index (κ1) is 35.8. The predicted molar refractivity (Wildman–Crippen MR) is 221 cm³/mol. The Morgan fingerprint density at radius 2 is 1.07 bits per heavy atom. The minimum atomic E-state index is -0.0212. The highest BCUT2D eigenvalue weighted by atomic mass is 16.5. The number of ether oxygens (including phenoxy) is 2. The highest BCUT2D eigenvalue weighted by Gasteiger charge is 2.51. The Kier molecular flexibility index (Phi) is 8.08. The number of carbonyl (C=O) groups excluding carboxylic acids is 2. The van der Waals surface area contributed by atoms with Crippen LogP contribution in [0.1, 0.15) is 54.4 Å². The summed E-state index contributed by atoms with van der Waals surface area (Å²) in [5, 5.41) is 9.58. The van der Waals surface area contributed by atoms with Crippen LogP contribution in [0.3, 0.4) is 0 Å². The number of aryl methyl sites for hydroxylation is 2. The third-order valence-corrected chi connectivity index (χ3v) is 13.2. The number of H-pyrrole nitrogens is 2. The Hall–Kier alpha value is -6.38. The maximum atomic E-state index is 12.8. The van der Waals surface area contributed by atoms with Gasteiger partial charge in [-0.25, -0.2) is 19.9 Å². The van der Waals surface area contributed by atoms with Crippen LogP contribution in [0.2, 0.25) is 0 Å². The van der Waals surface area contributed by atoms with Crippen LogP contribution in [0.5, 0.6) is 11.5 Å². The number of aromatic nitrogens is 6. The molecule has 4 aromatic heterocycles. The number of amides is 2. The molecule has 2 fully saturated rings. The topological polar surface area (TPSA) is 175 Å². The number of fused-ring (bicyclic) bond motifs is 12. The van der Waals surface area contributed by atoms with Gasteiger partial charge in [-0.3, -0.25) is 9.59 Å². The van der Waals surface area contributed by atoms with Crippen LogP contribution in [0.15, 0.2) is 60.9 Å². The molecule has 6 aliphatic rings. The van der Waals surface area contributed by atoms with Crippen molar-refractivity contribution in [2.75, 3.05) is 60.5 Å². The number of aromatic amines is 2. The van der Waals surface area contributed by atoms with E-state index in [2.05, 4.69) is 47.8 Å². The second-order valence-corrected chi connectivity index (χ2v) is 16.8. The molecule has 0 bridgehead atoms. The minimum absolute atomic E-state index is 0.0126. The van der Waals surface area contributed by atoms with Gasteiger partial charge in [-0.15, -0.1) is 0 Å². The summed E-state index contributed by atoms with van der Waals surface area (Å²) in [6.45, 7) is 5.04. The Morgan fingerprint density at radius 3 is 1.49 bits per heavy atom. The van der Waals surface area contributed by atoms with Gasteiger partial charge in [0.05, 0.1) is 59.0 Å². The second kappa shape index (κ2) is 13.3. The molecule has 2 aliphatic carbocycles. The van der Waals surface area contributed by atoms with Gasteiger partial charge in [-0.1, -0.05) is 0 Å². The van der Waals surface area contributed by atoms with Crippen LogP contribution >= 0.6 is 0 Å². The summed E-state index contributed by atoms with van der Waals surface area (Å²) in [5.74, 6) is 3.03. The second-order valence-electron chi connectivity index (χ2n) is 16.8. The van der Waals surface area contributed by atoms with Crippen LogP contribution in [-0.2, 0) is 36.5 Å². The first-order valence-corrected chi connectivity index (χ1v) is 20.2. The molecule has 5 N–H and O–H groups in total. The molecule has 2 spiro atoms. The molecular weight excluding hydrogens is 745 g/mol. The molecule has 8 heterocycles. The summed E-state index contributed by atoms with van der Waals surface area (Å²) in [5.41, 5.74) is 13.9. The fraction of sp³-hybridized carbons (Fsp3) is 0.333. The van der Waals surface area contributed by atoms with Crippen molar-refractivity contribution in [3.05, 3.63) is 106 Å². The molecule has 0 atom stereocenters. The summed E-state index contributed by atoms with van der Waals surface area (Å²) in [6, 6.07) is 15.5. The van der Waals surface area contributed by atoms with Crippen molar-refractivity contribution in [3.8, 4) is 57.1 Å². The lowest BCUT2D eigenvalue weighted by Crippen LogP contribution is -2.65. The van der Waals surface area contributed by atoms with Gasteiger partial charge in [0.15, 0.2) is 11.6 Å². The van der Waals surface area contributed by atoms with Gasteiger partial charge in [0.2, 0.25) is 0 Å². The quantitative estimate of drug-likeness (QED) is 0.176. The fourth-order valence-corrected chi connectivity index (χ4v) is 10.0. The zero-order valence-electron chi connectivity index (χ0n) is 33.2. The van der Waals surface area contributed by atoms with Crippen molar-refractivity contribution in [1.82, 2.24) is 50.8 Å². The molecule has 4 aliphatic heterocycles. The molecule has 2 amide bonds. The zero-order chi connectivity index (χ0) is 40.0. The van der Waals surface area contributed by atoms with Crippen LogP contribution in [-0.4, -0.2) is 107 Å². The first-order chi connectivity index (χ1) is 28.8. The SMILES string of the molecule is COc1ccc(-c2ncc3c(n2)-c2[nH]c4c(c2CC3)C(=O)NCC42CN(C)C2)cc1.COc1ccc(-c2ncc3c(n2)-c2[nH]c4c(c2CC3)C(=O)NCC42CNC2)cc1. The first-order valence-electron chi connectivity index (χ1n) is 20.2. The summed E-state index contributed by atoms with van der Waals surface area (Å²) in [7, 11) is 5.43. The molecular formula is C45H44N10O4. The van der Waals surface area contributed by atoms with E-state index in [-0.39, 0.29) is 22.6 Å². The van der Waals surface area contributed by atoms with E-state index < -0.39 is 0 Å². The highest BCUT2D eigenvalue weighted by molar-refractivity contribution is 6.02. The number of likely N-dealkylation sites (tertiary alicyclic amines) is 1. The molecule has 0 saturated carbocycles. The van der Waals surface area contributed by atoms with E-state index in [0.717, 1.165) is 142 Å². The van der Waals surface area contributed by atoms with Crippen molar-refractivity contribution < 1.29 is 19.1 Å². The van der Waals surface area contributed by atoms with Crippen LogP contribution < -0.4 is 25.4 Å². The summed E-state index contributed by atoms with van der Waals surface area (Å²) in [4.78, 5) is 54.1. The lowest BCUT2D eigenvalue weighted by molar-refractivity contribution is 0.0688. The van der Waals surface area contributed by atoms with E-state index in [1.54, 1.807) is 14.2 Å². The summed E-state index contributed by atoms with van der Waals surface area (Å²) < 4.78 is 10.5. The molecule has 12 rings (SSSR count).